The van der Waals surface area contributed by atoms with Gasteiger partial charge in [0.25, 0.3) is 0 Å². The third-order valence-corrected chi connectivity index (χ3v) is 4.78. The zero-order chi connectivity index (χ0) is 18.8. The number of carbonyl (C=O) groups excluding carboxylic acids is 4. The largest absolute Gasteiger partial charge is 0.456 e. The standard InChI is InChI=1S/C19H18FNO5/c1-11(21-17(23)14-4-2-3-5-15(14)18(21)24)19(25)26-10-16(22)12-6-8-13(20)9-7-12/h2-3,6-9,11,14-15H,4-5,10H2,1H3/t11-,14-,15+/m0/s1. The first-order valence-corrected chi connectivity index (χ1v) is 8.37. The topological polar surface area (TPSA) is 80.8 Å². The van der Waals surface area contributed by atoms with Crippen molar-refractivity contribution in [2.24, 2.45) is 11.8 Å². The molecular weight excluding hydrogens is 341 g/mol. The molecular formula is C19H18FNO5. The third-order valence-electron chi connectivity index (χ3n) is 4.78. The van der Waals surface area contributed by atoms with Crippen molar-refractivity contribution in [2.75, 3.05) is 6.61 Å². The first-order chi connectivity index (χ1) is 12.4. The molecule has 26 heavy (non-hydrogen) atoms. The zero-order valence-corrected chi connectivity index (χ0v) is 14.2. The molecule has 1 aromatic carbocycles. The number of benzene rings is 1. The molecule has 3 atom stereocenters. The fraction of sp³-hybridized carbons (Fsp3) is 0.368. The summed E-state index contributed by atoms with van der Waals surface area (Å²) in [6.45, 7) is 0.866. The number of amides is 2. The quantitative estimate of drug-likeness (QED) is 0.347. The van der Waals surface area contributed by atoms with Crippen molar-refractivity contribution >= 4 is 23.6 Å². The zero-order valence-electron chi connectivity index (χ0n) is 14.2. The fourth-order valence-electron chi connectivity index (χ4n) is 3.29. The van der Waals surface area contributed by atoms with Crippen LogP contribution >= 0.6 is 0 Å². The van der Waals surface area contributed by atoms with E-state index in [0.29, 0.717) is 12.8 Å². The Balaban J connectivity index is 1.61. The summed E-state index contributed by atoms with van der Waals surface area (Å²) in [5, 5.41) is 0. The van der Waals surface area contributed by atoms with Crippen LogP contribution in [0.3, 0.4) is 0 Å². The van der Waals surface area contributed by atoms with Crippen LogP contribution in [0.1, 0.15) is 30.1 Å². The van der Waals surface area contributed by atoms with Gasteiger partial charge in [-0.3, -0.25) is 19.3 Å². The number of carbonyl (C=O) groups is 4. The number of fused-ring (bicyclic) bond motifs is 1. The number of hydrogen-bond donors (Lipinski definition) is 0. The number of esters is 1. The molecule has 1 fully saturated rings. The van der Waals surface area contributed by atoms with Gasteiger partial charge < -0.3 is 4.74 Å². The molecule has 1 aromatic rings. The maximum atomic E-state index is 12.9. The molecule has 0 N–H and O–H groups in total. The van der Waals surface area contributed by atoms with E-state index in [9.17, 15) is 23.6 Å². The van der Waals surface area contributed by atoms with Gasteiger partial charge in [0.15, 0.2) is 12.4 Å². The van der Waals surface area contributed by atoms with Crippen molar-refractivity contribution in [1.82, 2.24) is 4.90 Å². The Morgan fingerprint density at radius 1 is 1.12 bits per heavy atom. The first kappa shape index (κ1) is 18.0. The molecule has 1 saturated heterocycles. The number of ketones is 1. The summed E-state index contributed by atoms with van der Waals surface area (Å²) in [7, 11) is 0. The Labute approximate surface area is 149 Å². The second-order valence-electron chi connectivity index (χ2n) is 6.42. The van der Waals surface area contributed by atoms with Gasteiger partial charge >= 0.3 is 5.97 Å². The van der Waals surface area contributed by atoms with Crippen LogP contribution in [0.2, 0.25) is 0 Å². The van der Waals surface area contributed by atoms with E-state index in [2.05, 4.69) is 0 Å². The Hall–Kier alpha value is -2.83. The lowest BCUT2D eigenvalue weighted by molar-refractivity contribution is -0.157. The number of hydrogen-bond acceptors (Lipinski definition) is 5. The monoisotopic (exact) mass is 359 g/mol. The average molecular weight is 359 g/mol. The average Bonchev–Trinajstić information content (AvgIpc) is 2.90. The molecule has 0 unspecified atom stereocenters. The van der Waals surface area contributed by atoms with Gasteiger partial charge in [0, 0.05) is 5.56 Å². The number of rotatable bonds is 5. The molecule has 0 radical (unpaired) electrons. The summed E-state index contributed by atoms with van der Waals surface area (Å²) in [6.07, 6.45) is 4.69. The van der Waals surface area contributed by atoms with Crippen LogP contribution in [0, 0.1) is 17.7 Å². The second-order valence-corrected chi connectivity index (χ2v) is 6.42. The van der Waals surface area contributed by atoms with E-state index in [-0.39, 0.29) is 17.4 Å². The third kappa shape index (κ3) is 3.29. The number of halogens is 1. The summed E-state index contributed by atoms with van der Waals surface area (Å²) >= 11 is 0. The van der Waals surface area contributed by atoms with Gasteiger partial charge in [-0.05, 0) is 44.0 Å². The molecule has 1 aliphatic heterocycles. The summed E-state index contributed by atoms with van der Waals surface area (Å²) in [5.74, 6) is -3.41. The smallest absolute Gasteiger partial charge is 0.329 e. The molecule has 1 heterocycles. The molecule has 3 rings (SSSR count). The van der Waals surface area contributed by atoms with Crippen LogP contribution in [0.5, 0.6) is 0 Å². The summed E-state index contributed by atoms with van der Waals surface area (Å²) in [5.41, 5.74) is 0.206. The van der Waals surface area contributed by atoms with E-state index in [1.807, 2.05) is 12.2 Å². The molecule has 2 amide bonds. The highest BCUT2D eigenvalue weighted by Crippen LogP contribution is 2.36. The molecule has 0 bridgehead atoms. The van der Waals surface area contributed by atoms with Crippen molar-refractivity contribution in [2.45, 2.75) is 25.8 Å². The van der Waals surface area contributed by atoms with Gasteiger partial charge in [0.05, 0.1) is 11.8 Å². The number of Topliss-reactive ketones (excluding diaryl/α,β-unsaturated/α-hetero) is 1. The van der Waals surface area contributed by atoms with Crippen LogP contribution in [0.4, 0.5) is 4.39 Å². The van der Waals surface area contributed by atoms with Gasteiger partial charge in [-0.25, -0.2) is 9.18 Å². The normalized spacial score (nSPS) is 22.9. The Bertz CT molecular complexity index is 760. The van der Waals surface area contributed by atoms with Crippen LogP contribution in [-0.2, 0) is 19.1 Å². The number of nitrogens with zero attached hydrogens (tertiary/aromatic N) is 1. The second kappa shape index (κ2) is 7.19. The highest BCUT2D eigenvalue weighted by molar-refractivity contribution is 6.08. The van der Waals surface area contributed by atoms with Crippen LogP contribution < -0.4 is 0 Å². The Morgan fingerprint density at radius 3 is 2.19 bits per heavy atom. The van der Waals surface area contributed by atoms with Crippen molar-refractivity contribution < 1.29 is 28.3 Å². The van der Waals surface area contributed by atoms with E-state index in [1.165, 1.54) is 19.1 Å². The van der Waals surface area contributed by atoms with Crippen LogP contribution in [0.25, 0.3) is 0 Å². The van der Waals surface area contributed by atoms with Crippen LogP contribution in [0.15, 0.2) is 36.4 Å². The van der Waals surface area contributed by atoms with Crippen molar-refractivity contribution in [3.05, 3.63) is 47.8 Å². The SMILES string of the molecule is C[C@@H](C(=O)OCC(=O)c1ccc(F)cc1)N1C(=O)[C@H]2CC=CC[C@H]2C1=O. The molecule has 0 spiro atoms. The van der Waals surface area contributed by atoms with Gasteiger partial charge in [-0.2, -0.15) is 0 Å². The van der Waals surface area contributed by atoms with E-state index >= 15 is 0 Å². The highest BCUT2D eigenvalue weighted by atomic mass is 19.1. The van der Waals surface area contributed by atoms with Gasteiger partial charge in [-0.15, -0.1) is 0 Å². The first-order valence-electron chi connectivity index (χ1n) is 8.37. The minimum Gasteiger partial charge on any atom is -0.456 e. The summed E-state index contributed by atoms with van der Waals surface area (Å²) in [4.78, 5) is 50.1. The lowest BCUT2D eigenvalue weighted by atomic mass is 9.85. The Morgan fingerprint density at radius 2 is 1.65 bits per heavy atom. The van der Waals surface area contributed by atoms with E-state index < -0.39 is 42.1 Å². The molecule has 7 heteroatoms. The van der Waals surface area contributed by atoms with Gasteiger partial charge in [0.2, 0.25) is 11.8 Å². The number of imide groups is 1. The minimum atomic E-state index is -1.10. The summed E-state index contributed by atoms with van der Waals surface area (Å²) in [6, 6.07) is 3.76. The molecule has 0 aromatic heterocycles. The van der Waals surface area contributed by atoms with E-state index in [0.717, 1.165) is 17.0 Å². The van der Waals surface area contributed by atoms with Gasteiger partial charge in [0.1, 0.15) is 11.9 Å². The lowest BCUT2D eigenvalue weighted by Crippen LogP contribution is -2.44. The maximum Gasteiger partial charge on any atom is 0.329 e. The number of allylic oxidation sites excluding steroid dienone is 2. The molecule has 136 valence electrons. The predicted octanol–water partition coefficient (Wildman–Crippen LogP) is 1.89. The fourth-order valence-corrected chi connectivity index (χ4v) is 3.29. The number of likely N-dealkylation sites (tertiary alicyclic amines) is 1. The molecule has 0 saturated carbocycles. The highest BCUT2D eigenvalue weighted by Gasteiger charge is 2.50. The van der Waals surface area contributed by atoms with Crippen molar-refractivity contribution in [3.8, 4) is 0 Å². The lowest BCUT2D eigenvalue weighted by Gasteiger charge is -2.21. The number of ether oxygens (including phenoxy) is 1. The van der Waals surface area contributed by atoms with E-state index in [4.69, 9.17) is 4.74 Å². The summed E-state index contributed by atoms with van der Waals surface area (Å²) < 4.78 is 17.8. The minimum absolute atomic E-state index is 0.206. The molecule has 1 aliphatic carbocycles. The van der Waals surface area contributed by atoms with Crippen molar-refractivity contribution in [1.29, 1.82) is 0 Å². The van der Waals surface area contributed by atoms with E-state index in [1.54, 1.807) is 0 Å². The molecule has 2 aliphatic rings. The molecule has 6 nitrogen and oxygen atoms in total. The maximum absolute atomic E-state index is 12.9. The van der Waals surface area contributed by atoms with Gasteiger partial charge in [-0.1, -0.05) is 12.2 Å². The Kier molecular flexibility index (Phi) is 4.97. The van der Waals surface area contributed by atoms with Crippen molar-refractivity contribution in [3.63, 3.8) is 0 Å². The predicted molar refractivity (Wildman–Crippen MR) is 88.4 cm³/mol. The van der Waals surface area contributed by atoms with Crippen LogP contribution in [-0.4, -0.2) is 41.1 Å².